The largest absolute Gasteiger partial charge is 0.479 e. The Hall–Kier alpha value is -2.05. The minimum Gasteiger partial charge on any atom is -0.479 e. The normalized spacial score (nSPS) is 12.9. The monoisotopic (exact) mass is 301 g/mol. The number of alkyl carbamates (subject to hydrolysis) is 1. The lowest BCUT2D eigenvalue weighted by atomic mass is 9.93. The van der Waals surface area contributed by atoms with Gasteiger partial charge in [-0.2, -0.15) is 0 Å². The van der Waals surface area contributed by atoms with Gasteiger partial charge in [-0.1, -0.05) is 19.4 Å². The molecule has 1 unspecified atom stereocenters. The molecular weight excluding hydrogens is 278 g/mol. The fourth-order valence-electron chi connectivity index (χ4n) is 1.56. The van der Waals surface area contributed by atoms with Crippen molar-refractivity contribution in [1.29, 1.82) is 0 Å². The predicted octanol–water partition coefficient (Wildman–Crippen LogP) is 1.87. The number of hydrogen-bond donors (Lipinski definition) is 2. The Morgan fingerprint density at radius 1 is 1.29 bits per heavy atom. The van der Waals surface area contributed by atoms with E-state index < -0.39 is 23.6 Å². The van der Waals surface area contributed by atoms with Gasteiger partial charge in [-0.3, -0.25) is 5.32 Å². The summed E-state index contributed by atoms with van der Waals surface area (Å²) < 4.78 is 9.62. The van der Waals surface area contributed by atoms with E-state index in [-0.39, 0.29) is 26.1 Å². The van der Waals surface area contributed by atoms with Crippen molar-refractivity contribution in [3.63, 3.8) is 0 Å². The minimum absolute atomic E-state index is 0.00845. The first-order valence-electron chi connectivity index (χ1n) is 6.91. The van der Waals surface area contributed by atoms with Gasteiger partial charge in [0.25, 0.3) is 0 Å². The predicted molar refractivity (Wildman–Crippen MR) is 75.8 cm³/mol. The maximum Gasteiger partial charge on any atom is 0.408 e. The second-order valence-corrected chi connectivity index (χ2v) is 4.37. The molecule has 1 atom stereocenters. The van der Waals surface area contributed by atoms with E-state index in [1.54, 1.807) is 6.92 Å². The van der Waals surface area contributed by atoms with Crippen molar-refractivity contribution in [2.75, 3.05) is 13.2 Å². The fraction of sp³-hybridized carbons (Fsp3) is 0.643. The summed E-state index contributed by atoms with van der Waals surface area (Å²) >= 11 is 0. The SMILES string of the molecule is C=CCCC(NC(=O)OCCCC)(C(=O)O)C(=O)OCC. The quantitative estimate of drug-likeness (QED) is 0.276. The van der Waals surface area contributed by atoms with Crippen molar-refractivity contribution in [2.24, 2.45) is 0 Å². The van der Waals surface area contributed by atoms with Crippen LogP contribution in [0.2, 0.25) is 0 Å². The zero-order chi connectivity index (χ0) is 16.3. The van der Waals surface area contributed by atoms with Crippen LogP contribution in [0.15, 0.2) is 12.7 Å². The van der Waals surface area contributed by atoms with E-state index in [1.807, 2.05) is 6.92 Å². The van der Waals surface area contributed by atoms with Crippen molar-refractivity contribution in [1.82, 2.24) is 5.32 Å². The Morgan fingerprint density at radius 2 is 1.95 bits per heavy atom. The number of esters is 1. The van der Waals surface area contributed by atoms with Crippen molar-refractivity contribution in [3.05, 3.63) is 12.7 Å². The number of carbonyl (C=O) groups is 3. The van der Waals surface area contributed by atoms with Gasteiger partial charge in [-0.25, -0.2) is 14.4 Å². The van der Waals surface area contributed by atoms with Crippen LogP contribution in [-0.4, -0.2) is 41.9 Å². The molecule has 0 saturated heterocycles. The topological polar surface area (TPSA) is 102 Å². The summed E-state index contributed by atoms with van der Waals surface area (Å²) in [5, 5.41) is 11.5. The van der Waals surface area contributed by atoms with Crippen molar-refractivity contribution < 1.29 is 29.0 Å². The third-order valence-electron chi connectivity index (χ3n) is 2.76. The number of nitrogens with one attached hydrogen (secondary N) is 1. The lowest BCUT2D eigenvalue weighted by molar-refractivity contribution is -0.163. The highest BCUT2D eigenvalue weighted by Crippen LogP contribution is 2.17. The van der Waals surface area contributed by atoms with Crippen LogP contribution in [0.25, 0.3) is 0 Å². The van der Waals surface area contributed by atoms with Crippen LogP contribution >= 0.6 is 0 Å². The molecule has 2 N–H and O–H groups in total. The van der Waals surface area contributed by atoms with E-state index in [9.17, 15) is 19.5 Å². The highest BCUT2D eigenvalue weighted by atomic mass is 16.6. The number of rotatable bonds is 10. The molecule has 1 amide bonds. The molecular formula is C14H23NO6. The number of amides is 1. The van der Waals surface area contributed by atoms with Crippen molar-refractivity contribution in [2.45, 2.75) is 45.1 Å². The second-order valence-electron chi connectivity index (χ2n) is 4.37. The highest BCUT2D eigenvalue weighted by molar-refractivity contribution is 6.06. The highest BCUT2D eigenvalue weighted by Gasteiger charge is 2.49. The van der Waals surface area contributed by atoms with Gasteiger partial charge < -0.3 is 14.6 Å². The van der Waals surface area contributed by atoms with Crippen LogP contribution in [-0.2, 0) is 19.1 Å². The molecule has 7 nitrogen and oxygen atoms in total. The van der Waals surface area contributed by atoms with E-state index in [0.717, 1.165) is 6.42 Å². The standard InChI is InChI=1S/C14H23NO6/c1-4-7-9-14(11(16)17,12(18)20-6-3)15-13(19)21-10-8-5-2/h4H,1,5-10H2,2-3H3,(H,15,19)(H,16,17). The third kappa shape index (κ3) is 5.85. The van der Waals surface area contributed by atoms with Gasteiger partial charge in [0.2, 0.25) is 5.54 Å². The number of unbranched alkanes of at least 4 members (excludes halogenated alkanes) is 1. The molecule has 0 radical (unpaired) electrons. The molecule has 0 aromatic carbocycles. The first-order valence-corrected chi connectivity index (χ1v) is 6.91. The van der Waals surface area contributed by atoms with Gasteiger partial charge in [-0.15, -0.1) is 6.58 Å². The Kier molecular flexibility index (Phi) is 8.84. The number of carbonyl (C=O) groups excluding carboxylic acids is 2. The number of aliphatic carboxylic acids is 1. The maximum atomic E-state index is 12.0. The molecule has 0 bridgehead atoms. The molecule has 0 rings (SSSR count). The van der Waals surface area contributed by atoms with E-state index in [4.69, 9.17) is 9.47 Å². The van der Waals surface area contributed by atoms with Crippen molar-refractivity contribution >= 4 is 18.0 Å². The van der Waals surface area contributed by atoms with E-state index in [2.05, 4.69) is 11.9 Å². The molecule has 0 heterocycles. The number of carboxylic acid groups (broad SMARTS) is 1. The second kappa shape index (κ2) is 9.79. The summed E-state index contributed by atoms with van der Waals surface area (Å²) in [7, 11) is 0. The van der Waals surface area contributed by atoms with Gasteiger partial charge >= 0.3 is 18.0 Å². The molecule has 7 heteroatoms. The summed E-state index contributed by atoms with van der Waals surface area (Å²) in [5.74, 6) is -2.51. The summed E-state index contributed by atoms with van der Waals surface area (Å²) in [6.07, 6.45) is 2.04. The average Bonchev–Trinajstić information content (AvgIpc) is 2.43. The summed E-state index contributed by atoms with van der Waals surface area (Å²) in [6.45, 7) is 7.12. The molecule has 120 valence electrons. The molecule has 21 heavy (non-hydrogen) atoms. The summed E-state index contributed by atoms with van der Waals surface area (Å²) in [5.41, 5.74) is -2.16. The Balaban J connectivity index is 5.07. The number of carboxylic acids is 1. The molecule has 0 aromatic heterocycles. The molecule has 0 saturated carbocycles. The lowest BCUT2D eigenvalue weighted by Gasteiger charge is -2.27. The summed E-state index contributed by atoms with van der Waals surface area (Å²) in [6, 6.07) is 0. The number of hydrogen-bond acceptors (Lipinski definition) is 5. The van der Waals surface area contributed by atoms with Crippen LogP contribution in [0.1, 0.15) is 39.5 Å². The third-order valence-corrected chi connectivity index (χ3v) is 2.76. The van der Waals surface area contributed by atoms with Crippen LogP contribution in [0.5, 0.6) is 0 Å². The van der Waals surface area contributed by atoms with Crippen LogP contribution in [0, 0.1) is 0 Å². The number of ether oxygens (including phenoxy) is 2. The van der Waals surface area contributed by atoms with Gasteiger partial charge in [0.05, 0.1) is 13.2 Å². The minimum atomic E-state index is -2.16. The molecule has 0 aromatic rings. The molecule has 0 aliphatic carbocycles. The fourth-order valence-corrected chi connectivity index (χ4v) is 1.56. The Labute approximate surface area is 124 Å². The van der Waals surface area contributed by atoms with Gasteiger partial charge in [0.1, 0.15) is 0 Å². The summed E-state index contributed by atoms with van der Waals surface area (Å²) in [4.78, 5) is 35.2. The molecule has 0 spiro atoms. The first-order chi connectivity index (χ1) is 9.94. The molecule has 0 aliphatic rings. The van der Waals surface area contributed by atoms with Crippen LogP contribution < -0.4 is 5.32 Å². The van der Waals surface area contributed by atoms with Gasteiger partial charge in [0, 0.05) is 0 Å². The number of allylic oxidation sites excluding steroid dienone is 1. The maximum absolute atomic E-state index is 12.0. The van der Waals surface area contributed by atoms with Gasteiger partial charge in [0.15, 0.2) is 0 Å². The van der Waals surface area contributed by atoms with E-state index in [0.29, 0.717) is 6.42 Å². The van der Waals surface area contributed by atoms with Crippen molar-refractivity contribution in [3.8, 4) is 0 Å². The first kappa shape index (κ1) is 18.9. The van der Waals surface area contributed by atoms with E-state index in [1.165, 1.54) is 6.08 Å². The Morgan fingerprint density at radius 3 is 2.43 bits per heavy atom. The van der Waals surface area contributed by atoms with Crippen LogP contribution in [0.3, 0.4) is 0 Å². The molecule has 0 aliphatic heterocycles. The Bertz CT molecular complexity index is 382. The zero-order valence-electron chi connectivity index (χ0n) is 12.5. The average molecular weight is 301 g/mol. The zero-order valence-corrected chi connectivity index (χ0v) is 12.5. The van der Waals surface area contributed by atoms with Gasteiger partial charge in [-0.05, 0) is 26.2 Å². The molecule has 0 fully saturated rings. The van der Waals surface area contributed by atoms with E-state index >= 15 is 0 Å². The smallest absolute Gasteiger partial charge is 0.408 e. The lowest BCUT2D eigenvalue weighted by Crippen LogP contribution is -2.61. The van der Waals surface area contributed by atoms with Crippen LogP contribution in [0.4, 0.5) is 4.79 Å².